The third kappa shape index (κ3) is 4.45. The highest BCUT2D eigenvalue weighted by Gasteiger charge is 2.06. The molecule has 0 saturated carbocycles. The maximum atomic E-state index is 5.94. The number of aryl methyl sites for hydroxylation is 1. The summed E-state index contributed by atoms with van der Waals surface area (Å²) in [5, 5.41) is 2.95. The van der Waals surface area contributed by atoms with Crippen molar-refractivity contribution in [3.05, 3.63) is 40.1 Å². The van der Waals surface area contributed by atoms with E-state index in [-0.39, 0.29) is 0 Å². The van der Waals surface area contributed by atoms with Crippen LogP contribution in [0.2, 0.25) is 10.3 Å². The van der Waals surface area contributed by atoms with Crippen molar-refractivity contribution in [1.29, 1.82) is 0 Å². The van der Waals surface area contributed by atoms with E-state index in [4.69, 9.17) is 23.2 Å². The van der Waals surface area contributed by atoms with E-state index < -0.39 is 0 Å². The molecule has 0 atom stereocenters. The Morgan fingerprint density at radius 2 is 1.39 bits per heavy atom. The summed E-state index contributed by atoms with van der Waals surface area (Å²) in [6, 6.07) is 7.82. The van der Waals surface area contributed by atoms with Crippen LogP contribution in [0, 0.1) is 6.92 Å². The van der Waals surface area contributed by atoms with Crippen molar-refractivity contribution in [1.82, 2.24) is 4.98 Å². The molecule has 100 valence electrons. The van der Waals surface area contributed by atoms with Crippen molar-refractivity contribution >= 4 is 34.0 Å². The number of ether oxygens (including phenoxy) is 1. The van der Waals surface area contributed by atoms with Crippen molar-refractivity contribution in [2.24, 2.45) is 0 Å². The molecule has 4 heteroatoms. The minimum absolute atomic E-state index is 0.464. The lowest BCUT2D eigenvalue weighted by Gasteiger charge is -2.04. The first-order valence-corrected chi connectivity index (χ1v) is 6.47. The third-order valence-corrected chi connectivity index (χ3v) is 2.72. The fourth-order valence-corrected chi connectivity index (χ4v) is 1.81. The molecule has 18 heavy (non-hydrogen) atoms. The summed E-state index contributed by atoms with van der Waals surface area (Å²) in [6.45, 7) is 5.94. The van der Waals surface area contributed by atoms with Gasteiger partial charge in [-0.15, -0.1) is 0 Å². The number of hydrogen-bond donors (Lipinski definition) is 0. The van der Waals surface area contributed by atoms with Crippen LogP contribution in [0.4, 0.5) is 0 Å². The largest absolute Gasteiger partial charge is 0.388 e. The van der Waals surface area contributed by atoms with E-state index in [9.17, 15) is 0 Å². The Bertz CT molecular complexity index is 486. The number of halogens is 2. The Hall–Kier alpha value is -0.830. The standard InChI is InChI=1S/C10H7Cl2N.C2H6O.C2H6/c1-6-7-4-2-3-5-8(7)10(12)13-9(6)11;1-3-2;1-2/h2-5H,1H3;1-2H3;1-2H3. The average molecular weight is 288 g/mol. The topological polar surface area (TPSA) is 22.1 Å². The maximum Gasteiger partial charge on any atom is 0.138 e. The Morgan fingerprint density at radius 1 is 0.944 bits per heavy atom. The normalized spacial score (nSPS) is 9.06. The molecule has 0 unspecified atom stereocenters. The van der Waals surface area contributed by atoms with E-state index in [1.807, 2.05) is 45.0 Å². The van der Waals surface area contributed by atoms with Gasteiger partial charge in [-0.3, -0.25) is 0 Å². The Morgan fingerprint density at radius 3 is 1.89 bits per heavy atom. The first-order chi connectivity index (χ1) is 8.61. The molecule has 2 nitrogen and oxygen atoms in total. The van der Waals surface area contributed by atoms with Gasteiger partial charge in [0.25, 0.3) is 0 Å². The molecular formula is C14H19Cl2NO. The van der Waals surface area contributed by atoms with Gasteiger partial charge in [-0.25, -0.2) is 4.98 Å². The summed E-state index contributed by atoms with van der Waals surface area (Å²) in [6.07, 6.45) is 0. The van der Waals surface area contributed by atoms with Gasteiger partial charge >= 0.3 is 0 Å². The highest BCUT2D eigenvalue weighted by atomic mass is 35.5. The van der Waals surface area contributed by atoms with Crippen molar-refractivity contribution in [2.75, 3.05) is 14.2 Å². The van der Waals surface area contributed by atoms with Gasteiger partial charge in [-0.1, -0.05) is 61.3 Å². The second kappa shape index (κ2) is 9.15. The molecule has 1 aromatic heterocycles. The number of nitrogens with zero attached hydrogens (tertiary/aromatic N) is 1. The molecule has 0 aliphatic carbocycles. The zero-order chi connectivity index (χ0) is 14.1. The van der Waals surface area contributed by atoms with Gasteiger partial charge in [0.15, 0.2) is 0 Å². The van der Waals surface area contributed by atoms with Crippen molar-refractivity contribution in [3.8, 4) is 0 Å². The predicted molar refractivity (Wildman–Crippen MR) is 80.8 cm³/mol. The lowest BCUT2D eigenvalue weighted by molar-refractivity contribution is 0.277. The molecule has 0 saturated heterocycles. The molecule has 2 rings (SSSR count). The van der Waals surface area contributed by atoms with Gasteiger partial charge in [0.05, 0.1) is 0 Å². The van der Waals surface area contributed by atoms with Crippen LogP contribution < -0.4 is 0 Å². The maximum absolute atomic E-state index is 5.94. The zero-order valence-corrected chi connectivity index (χ0v) is 12.9. The number of fused-ring (bicyclic) bond motifs is 1. The fraction of sp³-hybridized carbons (Fsp3) is 0.357. The zero-order valence-electron chi connectivity index (χ0n) is 11.4. The van der Waals surface area contributed by atoms with E-state index in [1.165, 1.54) is 0 Å². The van der Waals surface area contributed by atoms with Crippen LogP contribution in [0.1, 0.15) is 19.4 Å². The third-order valence-electron chi connectivity index (χ3n) is 2.06. The molecule has 0 radical (unpaired) electrons. The smallest absolute Gasteiger partial charge is 0.138 e. The van der Waals surface area contributed by atoms with Crippen LogP contribution in [-0.2, 0) is 4.74 Å². The summed E-state index contributed by atoms with van der Waals surface area (Å²) in [5.74, 6) is 0. The summed E-state index contributed by atoms with van der Waals surface area (Å²) in [7, 11) is 3.25. The molecule has 0 spiro atoms. The number of aromatic nitrogens is 1. The first kappa shape index (κ1) is 17.2. The molecule has 2 aromatic rings. The molecule has 1 heterocycles. The SMILES string of the molecule is CC.COC.Cc1c(Cl)nc(Cl)c2ccccc12. The summed E-state index contributed by atoms with van der Waals surface area (Å²) in [5.41, 5.74) is 0.974. The number of hydrogen-bond acceptors (Lipinski definition) is 2. The van der Waals surface area contributed by atoms with Gasteiger partial charge in [0.2, 0.25) is 0 Å². The molecule has 1 aromatic carbocycles. The lowest BCUT2D eigenvalue weighted by Crippen LogP contribution is -1.86. The summed E-state index contributed by atoms with van der Waals surface area (Å²) in [4.78, 5) is 4.03. The lowest BCUT2D eigenvalue weighted by atomic mass is 10.1. The van der Waals surface area contributed by atoms with E-state index in [2.05, 4.69) is 9.72 Å². The Balaban J connectivity index is 0.000000509. The average Bonchev–Trinajstić information content (AvgIpc) is 2.39. The molecule has 0 N–H and O–H groups in total. The van der Waals surface area contributed by atoms with E-state index in [1.54, 1.807) is 14.2 Å². The number of rotatable bonds is 0. The van der Waals surface area contributed by atoms with Crippen molar-refractivity contribution in [2.45, 2.75) is 20.8 Å². The van der Waals surface area contributed by atoms with Crippen LogP contribution >= 0.6 is 23.2 Å². The Labute approximate surface area is 119 Å². The van der Waals surface area contributed by atoms with E-state index >= 15 is 0 Å². The van der Waals surface area contributed by atoms with Crippen LogP contribution in [0.5, 0.6) is 0 Å². The monoisotopic (exact) mass is 287 g/mol. The molecule has 0 fully saturated rings. The molecule has 0 bridgehead atoms. The van der Waals surface area contributed by atoms with Crippen LogP contribution in [0.3, 0.4) is 0 Å². The van der Waals surface area contributed by atoms with E-state index in [0.29, 0.717) is 10.3 Å². The minimum atomic E-state index is 0.464. The Kier molecular flexibility index (Phi) is 8.73. The van der Waals surface area contributed by atoms with Gasteiger partial charge < -0.3 is 4.74 Å². The second-order valence-corrected chi connectivity index (χ2v) is 3.99. The van der Waals surface area contributed by atoms with Crippen molar-refractivity contribution in [3.63, 3.8) is 0 Å². The van der Waals surface area contributed by atoms with Crippen LogP contribution in [-0.4, -0.2) is 19.2 Å². The molecular weight excluding hydrogens is 269 g/mol. The molecule has 0 aliphatic heterocycles. The number of methoxy groups -OCH3 is 1. The highest BCUT2D eigenvalue weighted by molar-refractivity contribution is 6.37. The minimum Gasteiger partial charge on any atom is -0.388 e. The molecule has 0 aliphatic rings. The van der Waals surface area contributed by atoms with Crippen LogP contribution in [0.25, 0.3) is 10.8 Å². The fourth-order valence-electron chi connectivity index (χ4n) is 1.33. The first-order valence-electron chi connectivity index (χ1n) is 5.72. The second-order valence-electron chi connectivity index (χ2n) is 3.27. The predicted octanol–water partition coefficient (Wildman–Crippen LogP) is 5.14. The molecule has 0 amide bonds. The summed E-state index contributed by atoms with van der Waals surface area (Å²) < 4.78 is 4.25. The highest BCUT2D eigenvalue weighted by Crippen LogP contribution is 2.28. The van der Waals surface area contributed by atoms with Gasteiger partial charge in [0.1, 0.15) is 10.3 Å². The quantitative estimate of drug-likeness (QED) is 0.626. The number of pyridine rings is 1. The van der Waals surface area contributed by atoms with Gasteiger partial charge in [0, 0.05) is 19.6 Å². The van der Waals surface area contributed by atoms with E-state index in [0.717, 1.165) is 16.3 Å². The van der Waals surface area contributed by atoms with Crippen LogP contribution in [0.15, 0.2) is 24.3 Å². The number of benzene rings is 1. The summed E-state index contributed by atoms with van der Waals surface area (Å²) >= 11 is 11.8. The van der Waals surface area contributed by atoms with Gasteiger partial charge in [-0.2, -0.15) is 0 Å². The van der Waals surface area contributed by atoms with Gasteiger partial charge in [-0.05, 0) is 17.9 Å². The van der Waals surface area contributed by atoms with Crippen molar-refractivity contribution < 1.29 is 4.74 Å².